The zero-order valence-corrected chi connectivity index (χ0v) is 7.69. The molecular weight excluding hydrogens is 156 g/mol. The maximum atomic E-state index is 8.87. The van der Waals surface area contributed by atoms with Gasteiger partial charge in [0.2, 0.25) is 6.41 Å². The van der Waals surface area contributed by atoms with Gasteiger partial charge in [-0.15, -0.1) is 0 Å². The van der Waals surface area contributed by atoms with Crippen molar-refractivity contribution in [1.82, 2.24) is 4.90 Å². The molecule has 2 N–H and O–H groups in total. The molecule has 0 aromatic heterocycles. The lowest BCUT2D eigenvalue weighted by molar-refractivity contribution is -0.154. The average molecular weight is 173 g/mol. The van der Waals surface area contributed by atoms with Crippen LogP contribution in [0.1, 0.15) is 19.8 Å². The molecule has 0 aromatic rings. The zero-order valence-electron chi connectivity index (χ0n) is 7.69. The van der Waals surface area contributed by atoms with Gasteiger partial charge in [0.15, 0.2) is 0 Å². The molecule has 0 unspecified atom stereocenters. The summed E-state index contributed by atoms with van der Waals surface area (Å²) in [7, 11) is 1.65. The predicted molar refractivity (Wildman–Crippen MR) is 47.9 cm³/mol. The third kappa shape index (κ3) is 5.08. The Kier molecular flexibility index (Phi) is 6.67. The normalized spacial score (nSPS) is 10.2. The van der Waals surface area contributed by atoms with E-state index in [0.29, 0.717) is 19.5 Å². The topological polar surface area (TPSA) is 48.1 Å². The third-order valence-electron chi connectivity index (χ3n) is 1.51. The maximum absolute atomic E-state index is 8.87. The molecule has 0 aromatic carbocycles. The molecule has 0 heterocycles. The lowest BCUT2D eigenvalue weighted by atomic mass is 10.4. The maximum Gasteiger partial charge on any atom is 0.273 e. The van der Waals surface area contributed by atoms with Crippen LogP contribution in [0.5, 0.6) is 0 Å². The number of aliphatic hydroxyl groups is 2. The van der Waals surface area contributed by atoms with Gasteiger partial charge in [0, 0.05) is 13.1 Å². The van der Waals surface area contributed by atoms with Gasteiger partial charge in [-0.25, -0.2) is 0 Å². The van der Waals surface area contributed by atoms with Gasteiger partial charge in [0.25, 0.3) is 13.1 Å². The van der Waals surface area contributed by atoms with E-state index in [4.69, 9.17) is 10.2 Å². The van der Waals surface area contributed by atoms with Crippen molar-refractivity contribution in [2.24, 2.45) is 0 Å². The van der Waals surface area contributed by atoms with Crippen molar-refractivity contribution in [1.29, 1.82) is 0 Å². The first kappa shape index (κ1) is 11.4. The molecule has 0 aliphatic rings. The monoisotopic (exact) mass is 173 g/mol. The molecule has 4 heteroatoms. The van der Waals surface area contributed by atoms with Crippen LogP contribution in [-0.2, 0) is 0 Å². The number of aliphatic hydroxyl groups excluding tert-OH is 1. The highest BCUT2D eigenvalue weighted by molar-refractivity contribution is 4.83. The molecule has 0 rings (SSSR count). The van der Waals surface area contributed by atoms with Crippen LogP contribution in [0.4, 0.5) is 0 Å². The Morgan fingerprint density at radius 1 is 1.42 bits per heavy atom. The molecule has 0 saturated carbocycles. The summed E-state index contributed by atoms with van der Waals surface area (Å²) in [6.45, 7) is 3.26. The zero-order chi connectivity index (χ0) is 9.40. The highest BCUT2D eigenvalue weighted by atomic mass is 16.5. The molecule has 0 fully saturated rings. The molecule has 0 amide bonds. The highest BCUT2D eigenvalue weighted by Crippen LogP contribution is 1.96. The second-order valence-corrected chi connectivity index (χ2v) is 2.51. The molecule has 12 heavy (non-hydrogen) atoms. The van der Waals surface area contributed by atoms with E-state index < -0.39 is 6.41 Å². The first-order valence-electron chi connectivity index (χ1n) is 4.14. The summed E-state index contributed by atoms with van der Waals surface area (Å²) in [4.78, 5) is 5.25. The van der Waals surface area contributed by atoms with Crippen LogP contribution in [0.25, 0.3) is 4.85 Å². The van der Waals surface area contributed by atoms with Crippen molar-refractivity contribution >= 4 is 0 Å². The van der Waals surface area contributed by atoms with E-state index in [0.717, 1.165) is 6.42 Å². The highest BCUT2D eigenvalue weighted by Gasteiger charge is 2.10. The molecule has 0 spiro atoms. The van der Waals surface area contributed by atoms with E-state index in [1.807, 2.05) is 6.92 Å². The fourth-order valence-corrected chi connectivity index (χ4v) is 0.935. The summed E-state index contributed by atoms with van der Waals surface area (Å²) in [5.41, 5.74) is 0. The van der Waals surface area contributed by atoms with E-state index in [9.17, 15) is 0 Å². The van der Waals surface area contributed by atoms with Crippen LogP contribution >= 0.6 is 0 Å². The Bertz CT molecular complexity index is 160. The molecular formula is C8H17N2O2+. The smallest absolute Gasteiger partial charge is 0.273 e. The number of rotatable bonds is 5. The van der Waals surface area contributed by atoms with Crippen LogP contribution in [0.3, 0.4) is 0 Å². The Labute approximate surface area is 73.2 Å². The second kappa shape index (κ2) is 7.04. The largest absolute Gasteiger partial charge is 0.356 e. The van der Waals surface area contributed by atoms with E-state index in [-0.39, 0.29) is 0 Å². The van der Waals surface area contributed by atoms with Crippen molar-refractivity contribution in [2.45, 2.75) is 26.2 Å². The molecule has 0 aliphatic heterocycles. The van der Waals surface area contributed by atoms with E-state index >= 15 is 0 Å². The van der Waals surface area contributed by atoms with Crippen LogP contribution in [0.15, 0.2) is 0 Å². The molecule has 0 saturated heterocycles. The SMILES string of the molecule is CCCN(CCC#[N+]C)C(O)O. The van der Waals surface area contributed by atoms with Gasteiger partial charge in [-0.2, -0.15) is 0 Å². The average Bonchev–Trinajstić information content (AvgIpc) is 2.03. The first-order chi connectivity index (χ1) is 5.72. The van der Waals surface area contributed by atoms with Gasteiger partial charge in [0.1, 0.15) is 0 Å². The van der Waals surface area contributed by atoms with Crippen molar-refractivity contribution < 1.29 is 10.2 Å². The minimum Gasteiger partial charge on any atom is -0.356 e. The molecule has 4 nitrogen and oxygen atoms in total. The summed E-state index contributed by atoms with van der Waals surface area (Å²) in [5.74, 6) is 0. The van der Waals surface area contributed by atoms with Crippen LogP contribution in [0.2, 0.25) is 0 Å². The molecule has 70 valence electrons. The van der Waals surface area contributed by atoms with Gasteiger partial charge in [-0.3, -0.25) is 4.90 Å². The standard InChI is InChI=1S/C8H17N2O2/c1-3-6-10(8(11)12)7-4-5-9-2/h8,11-12H,3-4,6-7H2,1-2H3/q+1. The van der Waals surface area contributed by atoms with E-state index in [1.54, 1.807) is 11.9 Å². The Morgan fingerprint density at radius 2 is 2.08 bits per heavy atom. The third-order valence-corrected chi connectivity index (χ3v) is 1.51. The Hall–Kier alpha value is -0.630. The van der Waals surface area contributed by atoms with E-state index in [1.165, 1.54) is 0 Å². The van der Waals surface area contributed by atoms with Crippen molar-refractivity contribution in [3.8, 4) is 6.07 Å². The summed E-state index contributed by atoms with van der Waals surface area (Å²) in [5, 5.41) is 17.7. The minimum absolute atomic E-state index is 0.586. The molecule has 0 aliphatic carbocycles. The fourth-order valence-electron chi connectivity index (χ4n) is 0.935. The predicted octanol–water partition coefficient (Wildman–Crippen LogP) is 0.319. The minimum atomic E-state index is -1.36. The van der Waals surface area contributed by atoms with Crippen LogP contribution in [0, 0.1) is 6.07 Å². The summed E-state index contributed by atoms with van der Waals surface area (Å²) >= 11 is 0. The van der Waals surface area contributed by atoms with E-state index in [2.05, 4.69) is 10.9 Å². The summed E-state index contributed by atoms with van der Waals surface area (Å²) in [6.07, 6.45) is 0.179. The lowest BCUT2D eigenvalue weighted by Crippen LogP contribution is -2.36. The second-order valence-electron chi connectivity index (χ2n) is 2.51. The first-order valence-corrected chi connectivity index (χ1v) is 4.14. The Balaban J connectivity index is 3.68. The molecule has 0 atom stereocenters. The number of nitrogens with zero attached hydrogens (tertiary/aromatic N) is 2. The molecule has 0 bridgehead atoms. The number of hydrogen-bond acceptors (Lipinski definition) is 3. The summed E-state index contributed by atoms with van der Waals surface area (Å²) < 4.78 is 0. The van der Waals surface area contributed by atoms with Crippen molar-refractivity contribution in [2.75, 3.05) is 20.1 Å². The van der Waals surface area contributed by atoms with Gasteiger partial charge < -0.3 is 10.2 Å². The van der Waals surface area contributed by atoms with Crippen LogP contribution in [-0.4, -0.2) is 41.7 Å². The lowest BCUT2D eigenvalue weighted by Gasteiger charge is -2.21. The number of hydrogen-bond donors (Lipinski definition) is 2. The quantitative estimate of drug-likeness (QED) is 0.589. The molecule has 0 radical (unpaired) electrons. The van der Waals surface area contributed by atoms with Gasteiger partial charge >= 0.3 is 0 Å². The Morgan fingerprint density at radius 3 is 2.50 bits per heavy atom. The summed E-state index contributed by atoms with van der Waals surface area (Å²) in [6, 6.07) is 2.75. The van der Waals surface area contributed by atoms with Crippen molar-refractivity contribution in [3.05, 3.63) is 4.85 Å². The van der Waals surface area contributed by atoms with Crippen molar-refractivity contribution in [3.63, 3.8) is 0 Å². The van der Waals surface area contributed by atoms with Gasteiger partial charge in [0.05, 0.1) is 6.42 Å². The van der Waals surface area contributed by atoms with Gasteiger partial charge in [-0.1, -0.05) is 11.8 Å². The fraction of sp³-hybridized carbons (Fsp3) is 0.875. The van der Waals surface area contributed by atoms with Crippen LogP contribution < -0.4 is 0 Å². The van der Waals surface area contributed by atoms with Gasteiger partial charge in [-0.05, 0) is 6.42 Å².